The molecule has 2 atom stereocenters. The Kier molecular flexibility index (Phi) is 4.40. The first-order valence-corrected chi connectivity index (χ1v) is 10.6. The van der Waals surface area contributed by atoms with E-state index in [-0.39, 0.29) is 17.8 Å². The van der Waals surface area contributed by atoms with Crippen LogP contribution in [0.4, 0.5) is 0 Å². The molecule has 4 rings (SSSR count). The summed E-state index contributed by atoms with van der Waals surface area (Å²) in [6, 6.07) is 16.5. The van der Waals surface area contributed by atoms with Gasteiger partial charge in [0.25, 0.3) is 0 Å². The van der Waals surface area contributed by atoms with Gasteiger partial charge in [-0.1, -0.05) is 48.5 Å². The van der Waals surface area contributed by atoms with Crippen LogP contribution in [0.15, 0.2) is 48.5 Å². The molecule has 25 heavy (non-hydrogen) atoms. The molecule has 2 unspecified atom stereocenters. The smallest absolute Gasteiger partial charge is 0.227 e. The van der Waals surface area contributed by atoms with Crippen LogP contribution < -0.4 is 5.43 Å². The third kappa shape index (κ3) is 3.01. The Balaban J connectivity index is 1.67. The maximum Gasteiger partial charge on any atom is 0.227 e. The van der Waals surface area contributed by atoms with Gasteiger partial charge < -0.3 is 0 Å². The zero-order chi connectivity index (χ0) is 17.4. The van der Waals surface area contributed by atoms with Crippen molar-refractivity contribution in [3.8, 4) is 0 Å². The molecule has 0 saturated carbocycles. The molecule has 0 spiro atoms. The number of sulfonamides is 1. The van der Waals surface area contributed by atoms with E-state index >= 15 is 0 Å². The fraction of sp³-hybridized carbons (Fsp3) is 0.400. The van der Waals surface area contributed by atoms with E-state index in [9.17, 15) is 8.42 Å². The van der Waals surface area contributed by atoms with Crippen molar-refractivity contribution in [1.29, 1.82) is 0 Å². The predicted octanol–water partition coefficient (Wildman–Crippen LogP) is 3.52. The van der Waals surface area contributed by atoms with E-state index in [1.165, 1.54) is 16.7 Å². The van der Waals surface area contributed by atoms with Crippen LogP contribution in [0.1, 0.15) is 54.1 Å². The number of hydrogen-bond donors (Lipinski definition) is 1. The second kappa shape index (κ2) is 6.56. The highest BCUT2D eigenvalue weighted by Gasteiger charge is 2.37. The molecule has 2 aromatic rings. The molecular weight excluding hydrogens is 332 g/mol. The molecule has 0 aliphatic heterocycles. The third-order valence-electron chi connectivity index (χ3n) is 5.46. The summed E-state index contributed by atoms with van der Waals surface area (Å²) in [7, 11) is -3.35. The Hall–Kier alpha value is -1.69. The summed E-state index contributed by atoms with van der Waals surface area (Å²) in [6.07, 6.45) is 3.69. The molecule has 0 fully saturated rings. The van der Waals surface area contributed by atoms with Crippen LogP contribution in [-0.2, 0) is 22.9 Å². The van der Waals surface area contributed by atoms with Gasteiger partial charge in [0, 0.05) is 6.04 Å². The van der Waals surface area contributed by atoms with E-state index in [0.717, 1.165) is 31.2 Å². The van der Waals surface area contributed by atoms with Gasteiger partial charge in [-0.2, -0.15) is 0 Å². The molecule has 0 amide bonds. The summed E-state index contributed by atoms with van der Waals surface area (Å²) in [4.78, 5) is 0. The van der Waals surface area contributed by atoms with Gasteiger partial charge in [-0.05, 0) is 54.9 Å². The summed E-state index contributed by atoms with van der Waals surface area (Å²) in [6.45, 7) is 1.72. The number of nitrogens with zero attached hydrogens (tertiary/aromatic N) is 1. The number of rotatable bonds is 5. The fourth-order valence-electron chi connectivity index (χ4n) is 4.13. The van der Waals surface area contributed by atoms with Gasteiger partial charge in [-0.25, -0.2) is 13.8 Å². The minimum absolute atomic E-state index is 0.0605. The monoisotopic (exact) mass is 356 g/mol. The molecule has 0 bridgehead atoms. The summed E-state index contributed by atoms with van der Waals surface area (Å²) < 4.78 is 27.3. The van der Waals surface area contributed by atoms with Crippen LogP contribution in [0.2, 0.25) is 0 Å². The average Bonchev–Trinajstić information content (AvgIpc) is 3.24. The van der Waals surface area contributed by atoms with Crippen molar-refractivity contribution in [3.05, 3.63) is 70.8 Å². The molecule has 2 aliphatic rings. The molecule has 0 radical (unpaired) electrons. The SMILES string of the molecule is CCS(=O)(=O)N(NC1CCc2ccccc21)C1CCc2ccccc21. The van der Waals surface area contributed by atoms with Gasteiger partial charge in [-0.3, -0.25) is 0 Å². The average molecular weight is 356 g/mol. The molecule has 4 nitrogen and oxygen atoms in total. The minimum Gasteiger partial charge on any atom is -0.233 e. The van der Waals surface area contributed by atoms with Crippen molar-refractivity contribution in [2.75, 3.05) is 5.75 Å². The van der Waals surface area contributed by atoms with E-state index in [2.05, 4.69) is 35.8 Å². The number of benzene rings is 2. The lowest BCUT2D eigenvalue weighted by molar-refractivity contribution is 0.208. The van der Waals surface area contributed by atoms with E-state index in [4.69, 9.17) is 0 Å². The number of fused-ring (bicyclic) bond motifs is 2. The lowest BCUT2D eigenvalue weighted by Crippen LogP contribution is -2.46. The molecule has 0 saturated heterocycles. The molecule has 5 heteroatoms. The van der Waals surface area contributed by atoms with Gasteiger partial charge in [0.05, 0.1) is 11.8 Å². The van der Waals surface area contributed by atoms with Crippen LogP contribution in [0, 0.1) is 0 Å². The summed E-state index contributed by atoms with van der Waals surface area (Å²) in [5.74, 6) is 0.104. The van der Waals surface area contributed by atoms with Crippen molar-refractivity contribution in [3.63, 3.8) is 0 Å². The van der Waals surface area contributed by atoms with Crippen molar-refractivity contribution in [1.82, 2.24) is 9.84 Å². The van der Waals surface area contributed by atoms with Crippen LogP contribution in [0.5, 0.6) is 0 Å². The van der Waals surface area contributed by atoms with Crippen molar-refractivity contribution in [2.24, 2.45) is 0 Å². The van der Waals surface area contributed by atoms with Crippen LogP contribution in [0.3, 0.4) is 0 Å². The summed E-state index contributed by atoms with van der Waals surface area (Å²) >= 11 is 0. The summed E-state index contributed by atoms with van der Waals surface area (Å²) in [5, 5.41) is 0. The lowest BCUT2D eigenvalue weighted by atomic mass is 10.1. The second-order valence-electron chi connectivity index (χ2n) is 6.87. The first-order valence-electron chi connectivity index (χ1n) is 9.04. The summed E-state index contributed by atoms with van der Waals surface area (Å²) in [5.41, 5.74) is 8.34. The zero-order valence-electron chi connectivity index (χ0n) is 14.5. The third-order valence-corrected chi connectivity index (χ3v) is 7.15. The van der Waals surface area contributed by atoms with Crippen molar-refractivity contribution in [2.45, 2.75) is 44.7 Å². The van der Waals surface area contributed by atoms with Gasteiger partial charge >= 0.3 is 0 Å². The normalized spacial score (nSPS) is 22.2. The lowest BCUT2D eigenvalue weighted by Gasteiger charge is -2.32. The highest BCUT2D eigenvalue weighted by Crippen LogP contribution is 2.38. The zero-order valence-corrected chi connectivity index (χ0v) is 15.3. The van der Waals surface area contributed by atoms with Crippen molar-refractivity contribution >= 4 is 10.0 Å². The standard InChI is InChI=1S/C20H24N2O2S/c1-2-25(23,24)22(20-14-12-16-8-4-6-10-18(16)20)21-19-13-11-15-7-3-5-9-17(15)19/h3-10,19-21H,2,11-14H2,1H3. The second-order valence-corrected chi connectivity index (χ2v) is 9.00. The minimum atomic E-state index is -3.35. The molecular formula is C20H24N2O2S. The topological polar surface area (TPSA) is 49.4 Å². The maximum absolute atomic E-state index is 12.9. The molecule has 2 aromatic carbocycles. The molecule has 0 heterocycles. The maximum atomic E-state index is 12.9. The number of nitrogens with one attached hydrogen (secondary N) is 1. The Morgan fingerprint density at radius 3 is 2.28 bits per heavy atom. The Morgan fingerprint density at radius 2 is 1.56 bits per heavy atom. The van der Waals surface area contributed by atoms with Crippen LogP contribution >= 0.6 is 0 Å². The van der Waals surface area contributed by atoms with Gasteiger partial charge in [0.1, 0.15) is 0 Å². The molecule has 0 aromatic heterocycles. The van der Waals surface area contributed by atoms with E-state index in [1.54, 1.807) is 11.3 Å². The molecule has 132 valence electrons. The van der Waals surface area contributed by atoms with E-state index < -0.39 is 10.0 Å². The first kappa shape index (κ1) is 16.8. The van der Waals surface area contributed by atoms with Gasteiger partial charge in [0.2, 0.25) is 10.0 Å². The number of hydrogen-bond acceptors (Lipinski definition) is 3. The number of aryl methyl sites for hydroxylation is 2. The predicted molar refractivity (Wildman–Crippen MR) is 99.4 cm³/mol. The van der Waals surface area contributed by atoms with Gasteiger partial charge in [-0.15, -0.1) is 4.41 Å². The fourth-order valence-corrected chi connectivity index (χ4v) is 5.30. The van der Waals surface area contributed by atoms with Crippen molar-refractivity contribution < 1.29 is 8.42 Å². The molecule has 2 aliphatic carbocycles. The highest BCUT2D eigenvalue weighted by molar-refractivity contribution is 7.89. The Bertz CT molecular complexity index is 879. The Labute approximate surface area is 149 Å². The van der Waals surface area contributed by atoms with Crippen LogP contribution in [0.25, 0.3) is 0 Å². The number of hydrazine groups is 1. The van der Waals surface area contributed by atoms with E-state index in [0.29, 0.717) is 0 Å². The quantitative estimate of drug-likeness (QED) is 0.834. The largest absolute Gasteiger partial charge is 0.233 e. The van der Waals surface area contributed by atoms with Crippen LogP contribution in [-0.4, -0.2) is 18.6 Å². The van der Waals surface area contributed by atoms with E-state index in [1.807, 2.05) is 18.2 Å². The first-order chi connectivity index (χ1) is 12.1. The Morgan fingerprint density at radius 1 is 0.960 bits per heavy atom. The van der Waals surface area contributed by atoms with Gasteiger partial charge in [0.15, 0.2) is 0 Å². The molecule has 1 N–H and O–H groups in total. The highest BCUT2D eigenvalue weighted by atomic mass is 32.2.